The van der Waals surface area contributed by atoms with Gasteiger partial charge < -0.3 is 9.53 Å². The van der Waals surface area contributed by atoms with Gasteiger partial charge in [-0.25, -0.2) is 0 Å². The van der Waals surface area contributed by atoms with Crippen LogP contribution < -0.4 is 14.8 Å². The lowest BCUT2D eigenvalue weighted by atomic mass is 9.85. The van der Waals surface area contributed by atoms with Crippen molar-refractivity contribution >= 4 is 36.4 Å². The van der Waals surface area contributed by atoms with E-state index in [1.165, 1.54) is 10.4 Å². The Morgan fingerprint density at radius 2 is 1.51 bits per heavy atom. The van der Waals surface area contributed by atoms with Gasteiger partial charge >= 0.3 is 14.3 Å². The van der Waals surface area contributed by atoms with E-state index in [4.69, 9.17) is 4.43 Å². The predicted molar refractivity (Wildman–Crippen MR) is 152 cm³/mol. The van der Waals surface area contributed by atoms with Gasteiger partial charge in [0.15, 0.2) is 0 Å². The zero-order valence-electron chi connectivity index (χ0n) is 21.5. The molecule has 3 nitrogen and oxygen atoms in total. The second kappa shape index (κ2) is 12.0. The second-order valence-corrected chi connectivity index (χ2v) is 15.7. The first-order valence-electron chi connectivity index (χ1n) is 12.4. The zero-order valence-corrected chi connectivity index (χ0v) is 23.3. The van der Waals surface area contributed by atoms with Gasteiger partial charge in [0, 0.05) is 0 Å². The lowest BCUT2D eigenvalue weighted by molar-refractivity contribution is -0.140. The van der Waals surface area contributed by atoms with Crippen LogP contribution in [0.5, 0.6) is 5.75 Å². The average Bonchev–Trinajstić information content (AvgIpc) is 2.83. The minimum atomic E-state index is -2.78. The van der Waals surface area contributed by atoms with E-state index >= 15 is 0 Å². The van der Waals surface area contributed by atoms with Crippen molar-refractivity contribution in [1.82, 2.24) is 0 Å². The van der Waals surface area contributed by atoms with Crippen LogP contribution >= 0.6 is 11.8 Å². The van der Waals surface area contributed by atoms with Crippen LogP contribution in [0.4, 0.5) is 0 Å². The quantitative estimate of drug-likeness (QED) is 0.236. The zero-order chi connectivity index (χ0) is 25.5. The van der Waals surface area contributed by atoms with Crippen molar-refractivity contribution in [3.05, 3.63) is 90.5 Å². The Balaban J connectivity index is 2.08. The highest BCUT2D eigenvalue weighted by Gasteiger charge is 2.52. The molecule has 0 aromatic heterocycles. The van der Waals surface area contributed by atoms with E-state index in [0.29, 0.717) is 0 Å². The fourth-order valence-corrected chi connectivity index (χ4v) is 10.1. The molecule has 0 bridgehead atoms. The highest BCUT2D eigenvalue weighted by atomic mass is 32.2. The van der Waals surface area contributed by atoms with Gasteiger partial charge in [0.05, 0.1) is 5.92 Å². The number of carbonyl (C=O) groups is 1. The highest BCUT2D eigenvalue weighted by Crippen LogP contribution is 2.38. The summed E-state index contributed by atoms with van der Waals surface area (Å²) in [5, 5.41) is 12.4. The lowest BCUT2D eigenvalue weighted by Gasteiger charge is -2.43. The molecule has 0 saturated heterocycles. The number of benzene rings is 3. The maximum absolute atomic E-state index is 12.3. The molecule has 2 unspecified atom stereocenters. The van der Waals surface area contributed by atoms with E-state index in [-0.39, 0.29) is 11.0 Å². The molecule has 35 heavy (non-hydrogen) atoms. The topological polar surface area (TPSA) is 46.5 Å². The van der Waals surface area contributed by atoms with Gasteiger partial charge in [-0.15, -0.1) is 0 Å². The van der Waals surface area contributed by atoms with E-state index in [1.54, 1.807) is 0 Å². The molecule has 0 aliphatic carbocycles. The van der Waals surface area contributed by atoms with Gasteiger partial charge in [0.2, 0.25) is 0 Å². The summed E-state index contributed by atoms with van der Waals surface area (Å²) in [6, 6.07) is 28.8. The van der Waals surface area contributed by atoms with E-state index < -0.39 is 20.2 Å². The smallest absolute Gasteiger partial charge is 0.319 e. The third-order valence-corrected chi connectivity index (χ3v) is 12.5. The van der Waals surface area contributed by atoms with Crippen molar-refractivity contribution in [3.63, 3.8) is 0 Å². The van der Waals surface area contributed by atoms with Crippen LogP contribution in [0.2, 0.25) is 5.04 Å². The molecule has 3 aromatic rings. The first-order chi connectivity index (χ1) is 16.7. The maximum Gasteiger partial charge on any atom is 0.319 e. The van der Waals surface area contributed by atoms with Gasteiger partial charge in [0.25, 0.3) is 0 Å². The molecule has 186 valence electrons. The number of thioether (sulfide) groups is 1. The van der Waals surface area contributed by atoms with Crippen molar-refractivity contribution in [2.24, 2.45) is 5.92 Å². The Labute approximate surface area is 216 Å². The Hall–Kier alpha value is -2.50. The van der Waals surface area contributed by atoms with Crippen molar-refractivity contribution < 1.29 is 14.3 Å². The van der Waals surface area contributed by atoms with Gasteiger partial charge in [-0.2, -0.15) is 11.8 Å². The molecule has 2 atom stereocenters. The molecule has 0 amide bonds. The van der Waals surface area contributed by atoms with Crippen molar-refractivity contribution in [3.8, 4) is 5.75 Å². The number of carboxylic acid groups (broad SMARTS) is 1. The Morgan fingerprint density at radius 3 is 2.00 bits per heavy atom. The molecule has 0 radical (unpaired) electrons. The molecular formula is C30H38O3SSi. The van der Waals surface area contributed by atoms with Gasteiger partial charge in [-0.3, -0.25) is 4.79 Å². The number of hydrogen-bond donors (Lipinski definition) is 1. The van der Waals surface area contributed by atoms with E-state index in [2.05, 4.69) is 76.2 Å². The second-order valence-electron chi connectivity index (χ2n) is 10.1. The Morgan fingerprint density at radius 1 is 0.943 bits per heavy atom. The average molecular weight is 507 g/mol. The number of carboxylic acids is 1. The summed E-state index contributed by atoms with van der Waals surface area (Å²) in [5.74, 6) is 1.45. The van der Waals surface area contributed by atoms with Crippen LogP contribution in [-0.2, 0) is 4.79 Å². The third kappa shape index (κ3) is 6.20. The molecule has 0 saturated carbocycles. The van der Waals surface area contributed by atoms with Gasteiger partial charge in [-0.05, 0) is 57.0 Å². The van der Waals surface area contributed by atoms with Crippen molar-refractivity contribution in [2.75, 3.05) is 11.5 Å². The summed E-state index contributed by atoms with van der Waals surface area (Å²) in [4.78, 5) is 12.3. The summed E-state index contributed by atoms with van der Waals surface area (Å²) in [5.41, 5.74) is 0.807. The minimum absolute atomic E-state index is 0.0367. The Bertz CT molecular complexity index is 1040. The monoisotopic (exact) mass is 506 g/mol. The molecular weight excluding hydrogens is 468 g/mol. The van der Waals surface area contributed by atoms with Crippen LogP contribution in [0.1, 0.15) is 52.5 Å². The first-order valence-corrected chi connectivity index (χ1v) is 15.5. The standard InChI is InChI=1S/C30H38O3SSi/c1-6-34-21-20-23(2)28(29(31)32)24-14-13-15-25(22-24)33-35(30(3,4)5,26-16-9-7-10-17-26)27-18-11-8-12-19-27/h7-19,22-23,28H,6,20-21H2,1-5H3,(H,31,32). The first kappa shape index (κ1) is 27.1. The number of rotatable bonds is 11. The molecule has 3 aromatic carbocycles. The van der Waals surface area contributed by atoms with E-state index in [1.807, 2.05) is 55.1 Å². The van der Waals surface area contributed by atoms with Crippen LogP contribution in [-0.4, -0.2) is 30.9 Å². The fraction of sp³-hybridized carbons (Fsp3) is 0.367. The predicted octanol–water partition coefficient (Wildman–Crippen LogP) is 6.57. The van der Waals surface area contributed by atoms with E-state index in [9.17, 15) is 9.90 Å². The van der Waals surface area contributed by atoms with Crippen molar-refractivity contribution in [1.29, 1.82) is 0 Å². The molecule has 5 heteroatoms. The van der Waals surface area contributed by atoms with Crippen LogP contribution in [0.3, 0.4) is 0 Å². The molecule has 0 heterocycles. The summed E-state index contributed by atoms with van der Waals surface area (Å²) in [6.45, 7) is 10.9. The molecule has 0 aliphatic rings. The summed E-state index contributed by atoms with van der Waals surface area (Å²) in [7, 11) is -2.78. The molecule has 1 N–H and O–H groups in total. The fourth-order valence-electron chi connectivity index (χ4n) is 4.89. The summed E-state index contributed by atoms with van der Waals surface area (Å²) in [6.07, 6.45) is 0.870. The third-order valence-electron chi connectivity index (χ3n) is 6.66. The summed E-state index contributed by atoms with van der Waals surface area (Å²) < 4.78 is 7.13. The molecule has 0 aliphatic heterocycles. The van der Waals surface area contributed by atoms with Crippen molar-refractivity contribution in [2.45, 2.75) is 52.0 Å². The lowest BCUT2D eigenvalue weighted by Crippen LogP contribution is -2.68. The van der Waals surface area contributed by atoms with Crippen LogP contribution in [0.25, 0.3) is 0 Å². The molecule has 0 spiro atoms. The van der Waals surface area contributed by atoms with Gasteiger partial charge in [-0.1, -0.05) is 107 Å². The summed E-state index contributed by atoms with van der Waals surface area (Å²) >= 11 is 1.86. The largest absolute Gasteiger partial charge is 0.534 e. The van der Waals surface area contributed by atoms with Crippen LogP contribution in [0.15, 0.2) is 84.9 Å². The Kier molecular flexibility index (Phi) is 9.25. The van der Waals surface area contributed by atoms with Gasteiger partial charge in [0.1, 0.15) is 5.75 Å². The maximum atomic E-state index is 12.3. The number of hydrogen-bond acceptors (Lipinski definition) is 3. The minimum Gasteiger partial charge on any atom is -0.534 e. The van der Waals surface area contributed by atoms with E-state index in [0.717, 1.165) is 29.2 Å². The van der Waals surface area contributed by atoms with Crippen LogP contribution in [0, 0.1) is 5.92 Å². The normalized spacial score (nSPS) is 13.7. The SMILES string of the molecule is CCSCCC(C)C(C(=O)O)c1cccc(O[Si](c2ccccc2)(c2ccccc2)C(C)(C)C)c1. The molecule has 3 rings (SSSR count). The molecule has 0 fully saturated rings. The highest BCUT2D eigenvalue weighted by molar-refractivity contribution is 7.99. The number of aliphatic carboxylic acids is 1.